The molecule has 188 valence electrons. The number of anilines is 2. The number of hydrogen-bond donors (Lipinski definition) is 6. The minimum Gasteiger partial charge on any atom is -0.331 e. The van der Waals surface area contributed by atoms with Gasteiger partial charge in [-0.05, 0) is 53.8 Å². The highest BCUT2D eigenvalue weighted by Crippen LogP contribution is 2.23. The maximum Gasteiger partial charge on any atom is 0.238 e. The molecule has 0 unspecified atom stereocenters. The molecule has 4 aromatic rings. The molecule has 0 aromatic heterocycles. The van der Waals surface area contributed by atoms with Crippen molar-refractivity contribution in [2.75, 3.05) is 10.6 Å². The molecule has 0 saturated heterocycles. The highest BCUT2D eigenvalue weighted by molar-refractivity contribution is 7.80. The minimum atomic E-state index is -0.282. The molecule has 4 rings (SSSR count). The monoisotopic (exact) mass is 530 g/mol. The van der Waals surface area contributed by atoms with Crippen molar-refractivity contribution in [2.45, 2.75) is 19.3 Å². The van der Waals surface area contributed by atoms with E-state index in [1.165, 1.54) is 0 Å². The van der Waals surface area contributed by atoms with Crippen LogP contribution in [0.2, 0.25) is 0 Å². The van der Waals surface area contributed by atoms with Crippen molar-refractivity contribution >= 4 is 79.4 Å². The summed E-state index contributed by atoms with van der Waals surface area (Å²) in [4.78, 5) is 24.3. The maximum absolute atomic E-state index is 12.1. The molecule has 0 bridgehead atoms. The summed E-state index contributed by atoms with van der Waals surface area (Å²) in [6, 6.07) is 27.6. The Labute approximate surface area is 225 Å². The fourth-order valence-electron chi connectivity index (χ4n) is 3.76. The van der Waals surface area contributed by atoms with Crippen LogP contribution >= 0.6 is 24.4 Å². The fourth-order valence-corrected chi connectivity index (χ4v) is 4.09. The summed E-state index contributed by atoms with van der Waals surface area (Å²) in [5.74, 6) is -0.563. The number of fused-ring (bicyclic) bond motifs is 2. The summed E-state index contributed by atoms with van der Waals surface area (Å²) in [5, 5.41) is 10.9. The quantitative estimate of drug-likeness (QED) is 0.160. The molecule has 2 amide bonds. The van der Waals surface area contributed by atoms with Crippen LogP contribution in [0.15, 0.2) is 84.9 Å². The van der Waals surface area contributed by atoms with E-state index in [9.17, 15) is 9.59 Å². The zero-order valence-electron chi connectivity index (χ0n) is 19.8. The number of hydrogen-bond acceptors (Lipinski definition) is 4. The van der Waals surface area contributed by atoms with Gasteiger partial charge >= 0.3 is 0 Å². The summed E-state index contributed by atoms with van der Waals surface area (Å²) in [6.07, 6.45) is 0.653. The second-order valence-corrected chi connectivity index (χ2v) is 8.98. The third-order valence-corrected chi connectivity index (χ3v) is 5.92. The summed E-state index contributed by atoms with van der Waals surface area (Å²) < 4.78 is 0. The lowest BCUT2D eigenvalue weighted by Gasteiger charge is -2.14. The van der Waals surface area contributed by atoms with Gasteiger partial charge in [0.25, 0.3) is 0 Å². The van der Waals surface area contributed by atoms with Gasteiger partial charge in [0.1, 0.15) is 0 Å². The molecule has 0 aliphatic rings. The van der Waals surface area contributed by atoms with E-state index >= 15 is 0 Å². The molecule has 0 aliphatic carbocycles. The summed E-state index contributed by atoms with van der Waals surface area (Å²) >= 11 is 10.6. The average molecular weight is 531 g/mol. The van der Waals surface area contributed by atoms with E-state index < -0.39 is 0 Å². The minimum absolute atomic E-state index is 0.149. The SMILES string of the molecule is O=C(CCCC(=O)NNC(=S)Nc1cccc2ccccc12)NNC(=S)Nc1cccc2ccccc12. The molecule has 0 fully saturated rings. The van der Waals surface area contributed by atoms with Crippen molar-refractivity contribution in [3.05, 3.63) is 84.9 Å². The molecular weight excluding hydrogens is 504 g/mol. The van der Waals surface area contributed by atoms with Crippen LogP contribution in [0.3, 0.4) is 0 Å². The van der Waals surface area contributed by atoms with Crippen molar-refractivity contribution in [3.63, 3.8) is 0 Å². The van der Waals surface area contributed by atoms with Crippen molar-refractivity contribution in [2.24, 2.45) is 0 Å². The molecule has 37 heavy (non-hydrogen) atoms. The van der Waals surface area contributed by atoms with Crippen LogP contribution in [-0.4, -0.2) is 22.0 Å². The first-order valence-electron chi connectivity index (χ1n) is 11.7. The van der Waals surface area contributed by atoms with Gasteiger partial charge in [-0.1, -0.05) is 72.8 Å². The first kappa shape index (κ1) is 25.8. The smallest absolute Gasteiger partial charge is 0.238 e. The van der Waals surface area contributed by atoms with Crippen LogP contribution in [0.25, 0.3) is 21.5 Å². The van der Waals surface area contributed by atoms with E-state index in [-0.39, 0.29) is 34.9 Å². The van der Waals surface area contributed by atoms with E-state index in [1.54, 1.807) is 0 Å². The second-order valence-electron chi connectivity index (χ2n) is 8.16. The Morgan fingerprint density at radius 2 is 0.946 bits per heavy atom. The number of rotatable bonds is 6. The van der Waals surface area contributed by atoms with Crippen LogP contribution in [0.4, 0.5) is 11.4 Å². The third kappa shape index (κ3) is 7.35. The van der Waals surface area contributed by atoms with Crippen molar-refractivity contribution < 1.29 is 9.59 Å². The Kier molecular flexibility index (Phi) is 8.79. The summed E-state index contributed by atoms with van der Waals surface area (Å²) in [5.41, 5.74) is 12.1. The van der Waals surface area contributed by atoms with Gasteiger partial charge < -0.3 is 10.6 Å². The number of nitrogens with one attached hydrogen (secondary N) is 6. The lowest BCUT2D eigenvalue weighted by molar-refractivity contribution is -0.123. The van der Waals surface area contributed by atoms with Gasteiger partial charge in [-0.15, -0.1) is 0 Å². The largest absolute Gasteiger partial charge is 0.331 e. The molecule has 0 heterocycles. The standard InChI is InChI=1S/C27H26N6O2S2/c34-24(30-32-26(36)28-22-14-5-10-18-8-1-3-12-20(18)22)16-7-17-25(35)31-33-27(37)29-23-15-6-11-19-9-2-4-13-21(19)23/h1-6,8-15H,7,16-17H2,(H,30,34)(H,31,35)(H2,28,32,36)(H2,29,33,37). The van der Waals surface area contributed by atoms with E-state index in [4.69, 9.17) is 24.4 Å². The van der Waals surface area contributed by atoms with Crippen molar-refractivity contribution in [3.8, 4) is 0 Å². The molecule has 6 N–H and O–H groups in total. The Balaban J connectivity index is 1.13. The number of thiocarbonyl (C=S) groups is 2. The first-order valence-corrected chi connectivity index (χ1v) is 12.5. The average Bonchev–Trinajstić information content (AvgIpc) is 2.91. The number of benzene rings is 4. The Morgan fingerprint density at radius 3 is 1.41 bits per heavy atom. The number of hydrazine groups is 2. The van der Waals surface area contributed by atoms with Gasteiger partial charge in [-0.25, -0.2) is 0 Å². The lowest BCUT2D eigenvalue weighted by atomic mass is 10.1. The number of amides is 2. The Hall–Kier alpha value is -4.28. The van der Waals surface area contributed by atoms with Gasteiger partial charge in [0, 0.05) is 35.0 Å². The lowest BCUT2D eigenvalue weighted by Crippen LogP contribution is -2.44. The van der Waals surface area contributed by atoms with Crippen molar-refractivity contribution in [1.29, 1.82) is 0 Å². The van der Waals surface area contributed by atoms with Gasteiger partial charge in [0.05, 0.1) is 0 Å². The first-order chi connectivity index (χ1) is 18.0. The van der Waals surface area contributed by atoms with Crippen molar-refractivity contribution in [1.82, 2.24) is 21.7 Å². The second kappa shape index (κ2) is 12.6. The molecule has 8 nitrogen and oxygen atoms in total. The third-order valence-electron chi connectivity index (χ3n) is 5.51. The van der Waals surface area contributed by atoms with Crippen LogP contribution in [-0.2, 0) is 9.59 Å². The molecule has 10 heteroatoms. The van der Waals surface area contributed by atoms with E-state index in [0.29, 0.717) is 6.42 Å². The molecule has 4 aromatic carbocycles. The molecule has 0 saturated carbocycles. The zero-order chi connectivity index (χ0) is 26.0. The zero-order valence-corrected chi connectivity index (χ0v) is 21.5. The van der Waals surface area contributed by atoms with E-state index in [1.807, 2.05) is 84.9 Å². The highest BCUT2D eigenvalue weighted by atomic mass is 32.1. The fraction of sp³-hybridized carbons (Fsp3) is 0.111. The van der Waals surface area contributed by atoms with E-state index in [2.05, 4.69) is 32.3 Å². The van der Waals surface area contributed by atoms with Crippen LogP contribution in [0.1, 0.15) is 19.3 Å². The van der Waals surface area contributed by atoms with Gasteiger partial charge in [0.15, 0.2) is 10.2 Å². The van der Waals surface area contributed by atoms with Gasteiger partial charge in [-0.3, -0.25) is 31.3 Å². The molecular formula is C27H26N6O2S2. The predicted molar refractivity (Wildman–Crippen MR) is 157 cm³/mol. The molecule has 0 radical (unpaired) electrons. The summed E-state index contributed by atoms with van der Waals surface area (Å²) in [6.45, 7) is 0. The Bertz CT molecular complexity index is 1340. The van der Waals surface area contributed by atoms with Crippen LogP contribution in [0.5, 0.6) is 0 Å². The summed E-state index contributed by atoms with van der Waals surface area (Å²) in [7, 11) is 0. The van der Waals surface area contributed by atoms with Crippen LogP contribution < -0.4 is 32.3 Å². The number of carbonyl (C=O) groups is 2. The highest BCUT2D eigenvalue weighted by Gasteiger charge is 2.08. The predicted octanol–water partition coefficient (Wildman–Crippen LogP) is 4.50. The van der Waals surface area contributed by atoms with E-state index in [0.717, 1.165) is 32.9 Å². The molecule has 0 aliphatic heterocycles. The normalized spacial score (nSPS) is 10.4. The molecule has 0 atom stereocenters. The Morgan fingerprint density at radius 1 is 0.541 bits per heavy atom. The van der Waals surface area contributed by atoms with Crippen LogP contribution in [0, 0.1) is 0 Å². The molecule has 0 spiro atoms. The number of carbonyl (C=O) groups excluding carboxylic acids is 2. The maximum atomic E-state index is 12.1. The van der Waals surface area contributed by atoms with Gasteiger partial charge in [0.2, 0.25) is 11.8 Å². The topological polar surface area (TPSA) is 106 Å². The van der Waals surface area contributed by atoms with Gasteiger partial charge in [-0.2, -0.15) is 0 Å².